The van der Waals surface area contributed by atoms with Crippen molar-refractivity contribution in [3.05, 3.63) is 71.6 Å². The largest absolute Gasteiger partial charge is 0.395 e. The summed E-state index contributed by atoms with van der Waals surface area (Å²) in [6.07, 6.45) is 10.1. The number of hydrogen-bond acceptors (Lipinski definition) is 4. The minimum Gasteiger partial charge on any atom is -0.395 e. The number of amides is 1. The van der Waals surface area contributed by atoms with Crippen molar-refractivity contribution in [3.8, 4) is 0 Å². The van der Waals surface area contributed by atoms with Gasteiger partial charge in [0.05, 0.1) is 13.0 Å². The molecule has 0 radical (unpaired) electrons. The van der Waals surface area contributed by atoms with Crippen LogP contribution in [0.2, 0.25) is 0 Å². The molecule has 5 nitrogen and oxygen atoms in total. The number of rotatable bonds is 5. The van der Waals surface area contributed by atoms with Gasteiger partial charge in [0.15, 0.2) is 0 Å². The quantitative estimate of drug-likeness (QED) is 0.831. The van der Waals surface area contributed by atoms with Crippen LogP contribution in [0.25, 0.3) is 6.08 Å². The monoisotopic (exact) mass is 405 g/mol. The number of carbonyl (C=O) groups is 1. The third-order valence-corrected chi connectivity index (χ3v) is 6.48. The number of aliphatic hydroxyl groups excluding tert-OH is 1. The molecule has 0 aliphatic carbocycles. The Morgan fingerprint density at radius 1 is 1.20 bits per heavy atom. The molecule has 2 aliphatic rings. The summed E-state index contributed by atoms with van der Waals surface area (Å²) in [5.74, 6) is 0.418. The molecule has 0 bridgehead atoms. The second-order valence-corrected chi connectivity index (χ2v) is 8.33. The van der Waals surface area contributed by atoms with Gasteiger partial charge >= 0.3 is 0 Å². The summed E-state index contributed by atoms with van der Waals surface area (Å²) in [5, 5.41) is 10.1. The van der Waals surface area contributed by atoms with E-state index in [-0.39, 0.29) is 30.5 Å². The number of aromatic nitrogens is 1. The molecule has 0 spiro atoms. The number of hydrogen-bond donors (Lipinski definition) is 1. The van der Waals surface area contributed by atoms with Gasteiger partial charge in [-0.2, -0.15) is 0 Å². The first-order valence-electron chi connectivity index (χ1n) is 11.0. The Balaban J connectivity index is 1.52. The lowest BCUT2D eigenvalue weighted by Crippen LogP contribution is -2.68. The summed E-state index contributed by atoms with van der Waals surface area (Å²) in [5.41, 5.74) is 3.40. The zero-order valence-corrected chi connectivity index (χ0v) is 17.7. The molecule has 158 valence electrons. The van der Waals surface area contributed by atoms with Crippen molar-refractivity contribution in [2.45, 2.75) is 44.2 Å². The van der Waals surface area contributed by atoms with Crippen LogP contribution in [0.4, 0.5) is 0 Å². The van der Waals surface area contributed by atoms with E-state index in [0.29, 0.717) is 6.42 Å². The van der Waals surface area contributed by atoms with Crippen molar-refractivity contribution in [2.75, 3.05) is 26.2 Å². The van der Waals surface area contributed by atoms with E-state index in [4.69, 9.17) is 0 Å². The number of benzene rings is 1. The van der Waals surface area contributed by atoms with E-state index in [1.807, 2.05) is 30.0 Å². The van der Waals surface area contributed by atoms with Crippen LogP contribution in [0, 0.1) is 0 Å². The molecule has 2 aromatic rings. The van der Waals surface area contributed by atoms with Gasteiger partial charge in [-0.1, -0.05) is 42.5 Å². The molecule has 5 heteroatoms. The van der Waals surface area contributed by atoms with Crippen LogP contribution in [0.5, 0.6) is 0 Å². The molecule has 0 saturated carbocycles. The molecule has 2 aliphatic heterocycles. The molecule has 0 unspecified atom stereocenters. The number of allylic oxidation sites excluding steroid dienone is 1. The van der Waals surface area contributed by atoms with E-state index in [1.54, 1.807) is 12.4 Å². The van der Waals surface area contributed by atoms with Crippen molar-refractivity contribution in [3.63, 3.8) is 0 Å². The zero-order valence-electron chi connectivity index (χ0n) is 17.7. The van der Waals surface area contributed by atoms with Crippen LogP contribution in [-0.2, 0) is 11.2 Å². The SMILES string of the molecule is CC=Cc1ccc([C@@H]2[C@@H](CO)N3CCCCN(C(=O)Cc4cccnc4)C[C@@H]23)cc1. The normalized spacial score (nSPS) is 24.7. The van der Waals surface area contributed by atoms with E-state index in [0.717, 1.165) is 38.0 Å². The predicted octanol–water partition coefficient (Wildman–Crippen LogP) is 3.11. The third kappa shape index (κ3) is 4.32. The summed E-state index contributed by atoms with van der Waals surface area (Å²) in [6, 6.07) is 12.9. The average molecular weight is 406 g/mol. The molecule has 1 N–H and O–H groups in total. The van der Waals surface area contributed by atoms with Gasteiger partial charge in [-0.3, -0.25) is 14.7 Å². The first-order chi connectivity index (χ1) is 14.7. The fourth-order valence-corrected chi connectivity index (χ4v) is 4.98. The van der Waals surface area contributed by atoms with Gasteiger partial charge in [-0.15, -0.1) is 0 Å². The highest BCUT2D eigenvalue weighted by Gasteiger charge is 2.49. The van der Waals surface area contributed by atoms with Gasteiger partial charge in [-0.25, -0.2) is 0 Å². The average Bonchev–Trinajstić information content (AvgIpc) is 2.74. The first kappa shape index (κ1) is 20.8. The highest BCUT2D eigenvalue weighted by atomic mass is 16.3. The Morgan fingerprint density at radius 2 is 2.00 bits per heavy atom. The Labute approximate surface area is 179 Å². The number of nitrogens with zero attached hydrogens (tertiary/aromatic N) is 3. The van der Waals surface area contributed by atoms with Crippen LogP contribution in [0.3, 0.4) is 0 Å². The standard InChI is InChI=1S/C25H31N3O2/c1-2-6-19-8-10-21(11-9-19)25-22-17-27(13-3-4-14-28(22)23(25)18-29)24(30)15-20-7-5-12-26-16-20/h2,5-12,16,22-23,25,29H,3-4,13-15,17-18H2,1H3/t22-,23+,25-/m0/s1. The molecule has 2 fully saturated rings. The summed E-state index contributed by atoms with van der Waals surface area (Å²) in [7, 11) is 0. The lowest BCUT2D eigenvalue weighted by Gasteiger charge is -2.57. The van der Waals surface area contributed by atoms with E-state index in [9.17, 15) is 9.90 Å². The van der Waals surface area contributed by atoms with E-state index < -0.39 is 0 Å². The second kappa shape index (κ2) is 9.54. The zero-order chi connectivity index (χ0) is 20.9. The molecular weight excluding hydrogens is 374 g/mol. The minimum atomic E-state index is 0.135. The third-order valence-electron chi connectivity index (χ3n) is 6.48. The lowest BCUT2D eigenvalue weighted by molar-refractivity contribution is -0.135. The minimum absolute atomic E-state index is 0.135. The van der Waals surface area contributed by atoms with Crippen LogP contribution in [0.1, 0.15) is 42.4 Å². The number of carbonyl (C=O) groups excluding carboxylic acids is 1. The smallest absolute Gasteiger partial charge is 0.227 e. The second-order valence-electron chi connectivity index (χ2n) is 8.33. The summed E-state index contributed by atoms with van der Waals surface area (Å²) in [6.45, 7) is 4.69. The molecule has 2 saturated heterocycles. The van der Waals surface area contributed by atoms with Crippen LogP contribution < -0.4 is 0 Å². The summed E-state index contributed by atoms with van der Waals surface area (Å²) < 4.78 is 0. The van der Waals surface area contributed by atoms with Gasteiger partial charge in [-0.05, 0) is 49.1 Å². The van der Waals surface area contributed by atoms with Crippen LogP contribution in [0.15, 0.2) is 54.9 Å². The summed E-state index contributed by atoms with van der Waals surface area (Å²) >= 11 is 0. The molecule has 1 aromatic heterocycles. The van der Waals surface area contributed by atoms with Crippen molar-refractivity contribution < 1.29 is 9.90 Å². The van der Waals surface area contributed by atoms with Crippen molar-refractivity contribution in [2.24, 2.45) is 0 Å². The molecule has 1 amide bonds. The fourth-order valence-electron chi connectivity index (χ4n) is 4.98. The van der Waals surface area contributed by atoms with Crippen molar-refractivity contribution in [1.29, 1.82) is 0 Å². The molecule has 4 rings (SSSR count). The lowest BCUT2D eigenvalue weighted by atomic mass is 9.74. The number of pyridine rings is 1. The van der Waals surface area contributed by atoms with E-state index >= 15 is 0 Å². The Hall–Kier alpha value is -2.50. The maximum atomic E-state index is 13.0. The first-order valence-corrected chi connectivity index (χ1v) is 11.0. The number of fused-ring (bicyclic) bond motifs is 1. The maximum Gasteiger partial charge on any atom is 0.227 e. The topological polar surface area (TPSA) is 56.7 Å². The Bertz CT molecular complexity index is 866. The molecule has 1 aromatic carbocycles. The Morgan fingerprint density at radius 3 is 2.70 bits per heavy atom. The van der Waals surface area contributed by atoms with Crippen LogP contribution in [-0.4, -0.2) is 64.1 Å². The molecule has 30 heavy (non-hydrogen) atoms. The Kier molecular flexibility index (Phi) is 6.60. The highest BCUT2D eigenvalue weighted by molar-refractivity contribution is 5.78. The van der Waals surface area contributed by atoms with E-state index in [2.05, 4.69) is 40.2 Å². The van der Waals surface area contributed by atoms with Crippen molar-refractivity contribution >= 4 is 12.0 Å². The summed E-state index contributed by atoms with van der Waals surface area (Å²) in [4.78, 5) is 21.6. The maximum absolute atomic E-state index is 13.0. The number of aliphatic hydroxyl groups is 1. The molecule has 3 atom stereocenters. The fraction of sp³-hybridized carbons (Fsp3) is 0.440. The van der Waals surface area contributed by atoms with Gasteiger partial charge in [0.2, 0.25) is 5.91 Å². The molecule has 3 heterocycles. The highest BCUT2D eigenvalue weighted by Crippen LogP contribution is 2.42. The molecular formula is C25H31N3O2. The predicted molar refractivity (Wildman–Crippen MR) is 119 cm³/mol. The van der Waals surface area contributed by atoms with Gasteiger partial charge in [0.25, 0.3) is 0 Å². The van der Waals surface area contributed by atoms with Gasteiger partial charge < -0.3 is 10.0 Å². The van der Waals surface area contributed by atoms with Crippen LogP contribution >= 0.6 is 0 Å². The van der Waals surface area contributed by atoms with Gasteiger partial charge in [0, 0.05) is 43.5 Å². The van der Waals surface area contributed by atoms with Gasteiger partial charge in [0.1, 0.15) is 0 Å². The van der Waals surface area contributed by atoms with Crippen molar-refractivity contribution in [1.82, 2.24) is 14.8 Å². The van der Waals surface area contributed by atoms with E-state index in [1.165, 1.54) is 11.1 Å².